The molecular weight excluding hydrogens is 224 g/mol. The van der Waals surface area contributed by atoms with Crippen LogP contribution < -0.4 is 16.4 Å². The molecule has 0 fully saturated rings. The zero-order valence-corrected chi connectivity index (χ0v) is 8.81. The van der Waals surface area contributed by atoms with Crippen molar-refractivity contribution in [3.8, 4) is 0 Å². The Morgan fingerprint density at radius 2 is 1.82 bits per heavy atom. The Morgan fingerprint density at radius 3 is 2.29 bits per heavy atom. The minimum absolute atomic E-state index is 0.323. The molecule has 1 atom stereocenters. The number of aliphatic carboxylic acids is 1. The zero-order valence-electron chi connectivity index (χ0n) is 8.81. The van der Waals surface area contributed by atoms with Crippen LogP contribution in [0.5, 0.6) is 0 Å². The van der Waals surface area contributed by atoms with Crippen molar-refractivity contribution < 1.29 is 14.7 Å². The monoisotopic (exact) mass is 236 g/mol. The summed E-state index contributed by atoms with van der Waals surface area (Å²) in [6.07, 6.45) is -1.43. The van der Waals surface area contributed by atoms with E-state index in [1.165, 1.54) is 0 Å². The van der Waals surface area contributed by atoms with E-state index < -0.39 is 24.0 Å². The van der Waals surface area contributed by atoms with Crippen LogP contribution in [0.2, 0.25) is 0 Å². The number of hydrogen-bond acceptors (Lipinski definition) is 3. The molecule has 7 heteroatoms. The maximum atomic E-state index is 11.6. The highest BCUT2D eigenvalue weighted by molar-refractivity contribution is 5.97. The summed E-state index contributed by atoms with van der Waals surface area (Å²) in [5.41, 5.74) is 5.33. The van der Waals surface area contributed by atoms with Crippen LogP contribution in [0.25, 0.3) is 0 Å². The van der Waals surface area contributed by atoms with Crippen molar-refractivity contribution in [1.82, 2.24) is 10.6 Å². The lowest BCUT2D eigenvalue weighted by molar-refractivity contribution is -0.139. The number of rotatable bonds is 4. The molecule has 1 unspecified atom stereocenters. The maximum Gasteiger partial charge on any atom is 0.347 e. The number of carboxylic acid groups (broad SMARTS) is 1. The lowest BCUT2D eigenvalue weighted by atomic mass is 10.2. The number of carbonyl (C=O) groups excluding carboxylic acids is 1. The Hall–Kier alpha value is -2.57. The average molecular weight is 236 g/mol. The first-order chi connectivity index (χ1) is 8.00. The predicted molar refractivity (Wildman–Crippen MR) is 60.4 cm³/mol. The number of carbonyl (C=O) groups is 2. The van der Waals surface area contributed by atoms with Crippen molar-refractivity contribution in [3.05, 3.63) is 35.9 Å². The number of nitrogens with one attached hydrogen (secondary N) is 3. The Labute approximate surface area is 97.1 Å². The molecule has 0 saturated heterocycles. The van der Waals surface area contributed by atoms with E-state index in [0.29, 0.717) is 5.56 Å². The number of carboxylic acids is 1. The van der Waals surface area contributed by atoms with Gasteiger partial charge in [0, 0.05) is 5.56 Å². The van der Waals surface area contributed by atoms with Gasteiger partial charge in [0.05, 0.1) is 0 Å². The van der Waals surface area contributed by atoms with Crippen molar-refractivity contribution in [2.75, 3.05) is 0 Å². The lowest BCUT2D eigenvalue weighted by Gasteiger charge is -2.15. The first-order valence-corrected chi connectivity index (χ1v) is 4.70. The van der Waals surface area contributed by atoms with Gasteiger partial charge in [-0.25, -0.2) is 4.79 Å². The third-order valence-corrected chi connectivity index (χ3v) is 1.86. The first kappa shape index (κ1) is 12.5. The minimum Gasteiger partial charge on any atom is -0.478 e. The van der Waals surface area contributed by atoms with Gasteiger partial charge in [0.25, 0.3) is 5.91 Å². The van der Waals surface area contributed by atoms with Crippen molar-refractivity contribution in [2.24, 2.45) is 5.73 Å². The summed E-state index contributed by atoms with van der Waals surface area (Å²) in [6.45, 7) is 0. The Morgan fingerprint density at radius 1 is 1.24 bits per heavy atom. The van der Waals surface area contributed by atoms with Crippen LogP contribution in [0.4, 0.5) is 0 Å². The summed E-state index contributed by atoms with van der Waals surface area (Å²) < 4.78 is 0. The smallest absolute Gasteiger partial charge is 0.347 e. The van der Waals surface area contributed by atoms with E-state index in [0.717, 1.165) is 0 Å². The number of guanidine groups is 1. The number of nitrogens with two attached hydrogens (primary N) is 1. The molecular formula is C10H12N4O3. The van der Waals surface area contributed by atoms with Gasteiger partial charge in [-0.15, -0.1) is 0 Å². The van der Waals surface area contributed by atoms with E-state index in [1.807, 2.05) is 0 Å². The van der Waals surface area contributed by atoms with Crippen LogP contribution in [0.1, 0.15) is 10.4 Å². The largest absolute Gasteiger partial charge is 0.478 e. The predicted octanol–water partition coefficient (Wildman–Crippen LogP) is -0.690. The number of benzene rings is 1. The molecule has 7 nitrogen and oxygen atoms in total. The van der Waals surface area contributed by atoms with Crippen molar-refractivity contribution in [2.45, 2.75) is 6.17 Å². The van der Waals surface area contributed by atoms with Gasteiger partial charge >= 0.3 is 5.97 Å². The fourth-order valence-electron chi connectivity index (χ4n) is 1.12. The van der Waals surface area contributed by atoms with E-state index in [2.05, 4.69) is 10.6 Å². The van der Waals surface area contributed by atoms with Crippen LogP contribution >= 0.6 is 0 Å². The Bertz CT molecular complexity index is 432. The average Bonchev–Trinajstić information content (AvgIpc) is 2.28. The summed E-state index contributed by atoms with van der Waals surface area (Å²) in [4.78, 5) is 22.4. The standard InChI is InChI=1S/C10H12N4O3/c11-10(12)14-7(9(16)17)13-8(15)6-4-2-1-3-5-6/h1-5,7H,(H,13,15)(H,16,17)(H4,11,12,14). The molecule has 0 radical (unpaired) electrons. The molecule has 1 aromatic carbocycles. The molecule has 0 spiro atoms. The third-order valence-electron chi connectivity index (χ3n) is 1.86. The van der Waals surface area contributed by atoms with Crippen LogP contribution in [-0.4, -0.2) is 29.1 Å². The highest BCUT2D eigenvalue weighted by Crippen LogP contribution is 1.98. The van der Waals surface area contributed by atoms with Gasteiger partial charge in [-0.05, 0) is 12.1 Å². The van der Waals surface area contributed by atoms with Gasteiger partial charge in [-0.1, -0.05) is 18.2 Å². The Kier molecular flexibility index (Phi) is 4.04. The molecule has 6 N–H and O–H groups in total. The van der Waals surface area contributed by atoms with Gasteiger partial charge < -0.3 is 21.5 Å². The van der Waals surface area contributed by atoms with Gasteiger partial charge in [-0.2, -0.15) is 0 Å². The fraction of sp³-hybridized carbons (Fsp3) is 0.100. The molecule has 1 amide bonds. The molecule has 0 aliphatic carbocycles. The Balaban J connectivity index is 2.71. The van der Waals surface area contributed by atoms with Crippen molar-refractivity contribution in [1.29, 1.82) is 5.41 Å². The quantitative estimate of drug-likeness (QED) is 0.268. The van der Waals surface area contributed by atoms with Gasteiger partial charge in [0.1, 0.15) is 0 Å². The molecule has 0 bridgehead atoms. The second-order valence-corrected chi connectivity index (χ2v) is 3.17. The molecule has 90 valence electrons. The molecule has 1 aromatic rings. The lowest BCUT2D eigenvalue weighted by Crippen LogP contribution is -2.54. The normalized spacial score (nSPS) is 11.3. The minimum atomic E-state index is -1.43. The molecule has 17 heavy (non-hydrogen) atoms. The van der Waals surface area contributed by atoms with E-state index >= 15 is 0 Å². The molecule has 0 heterocycles. The molecule has 1 rings (SSSR count). The highest BCUT2D eigenvalue weighted by Gasteiger charge is 2.20. The molecule has 0 aromatic heterocycles. The van der Waals surface area contributed by atoms with Gasteiger partial charge in [0.15, 0.2) is 5.96 Å². The summed E-state index contributed by atoms with van der Waals surface area (Å²) in [5.74, 6) is -2.43. The highest BCUT2D eigenvalue weighted by atomic mass is 16.4. The summed E-state index contributed by atoms with van der Waals surface area (Å²) in [5, 5.41) is 20.0. The SMILES string of the molecule is N=C(N)NC(NC(=O)c1ccccc1)C(=O)O. The van der Waals surface area contributed by atoms with E-state index in [-0.39, 0.29) is 0 Å². The fourth-order valence-corrected chi connectivity index (χ4v) is 1.12. The van der Waals surface area contributed by atoms with Crippen LogP contribution in [0.15, 0.2) is 30.3 Å². The third kappa shape index (κ3) is 3.82. The summed E-state index contributed by atoms with van der Waals surface area (Å²) in [7, 11) is 0. The number of hydrogen-bond donors (Lipinski definition) is 5. The topological polar surface area (TPSA) is 128 Å². The molecule has 0 aliphatic heterocycles. The van der Waals surface area contributed by atoms with Gasteiger partial charge in [0.2, 0.25) is 6.17 Å². The van der Waals surface area contributed by atoms with Crippen molar-refractivity contribution in [3.63, 3.8) is 0 Å². The first-order valence-electron chi connectivity index (χ1n) is 4.70. The molecule has 0 saturated carbocycles. The number of amides is 1. The van der Waals surface area contributed by atoms with Crippen LogP contribution in [0.3, 0.4) is 0 Å². The summed E-state index contributed by atoms with van der Waals surface area (Å²) in [6, 6.07) is 8.13. The second-order valence-electron chi connectivity index (χ2n) is 3.17. The van der Waals surface area contributed by atoms with E-state index in [1.54, 1.807) is 30.3 Å². The van der Waals surface area contributed by atoms with Crippen molar-refractivity contribution >= 4 is 17.8 Å². The molecule has 0 aliphatic rings. The summed E-state index contributed by atoms with van der Waals surface area (Å²) >= 11 is 0. The second kappa shape index (κ2) is 5.50. The van der Waals surface area contributed by atoms with Crippen LogP contribution in [-0.2, 0) is 4.79 Å². The zero-order chi connectivity index (χ0) is 12.8. The maximum absolute atomic E-state index is 11.6. The van der Waals surface area contributed by atoms with Gasteiger partial charge in [-0.3, -0.25) is 10.2 Å². The van der Waals surface area contributed by atoms with E-state index in [4.69, 9.17) is 16.2 Å². The van der Waals surface area contributed by atoms with E-state index in [9.17, 15) is 9.59 Å². The van der Waals surface area contributed by atoms with Crippen LogP contribution in [0, 0.1) is 5.41 Å².